The van der Waals surface area contributed by atoms with Crippen molar-refractivity contribution in [2.45, 2.75) is 52.0 Å². The zero-order chi connectivity index (χ0) is 11.5. The van der Waals surface area contributed by atoms with Crippen LogP contribution in [0.2, 0.25) is 0 Å². The molecule has 4 heteroatoms. The standard InChI is InChI=1S/C11H22N4/c1-5-6-9-13-10(15(4)14-9)7-8-11(2,3)12/h5-8,12H2,1-4H3. The van der Waals surface area contributed by atoms with Gasteiger partial charge in [0.1, 0.15) is 5.82 Å². The predicted octanol–water partition coefficient (Wildman–Crippen LogP) is 1.44. The van der Waals surface area contributed by atoms with Crippen LogP contribution in [0.4, 0.5) is 0 Å². The minimum atomic E-state index is -0.128. The van der Waals surface area contributed by atoms with Crippen molar-refractivity contribution < 1.29 is 0 Å². The lowest BCUT2D eigenvalue weighted by molar-refractivity contribution is 0.465. The second-order valence-electron chi connectivity index (χ2n) is 4.81. The SMILES string of the molecule is CCCc1nc(CCC(C)(C)N)n(C)n1. The van der Waals surface area contributed by atoms with Crippen molar-refractivity contribution in [1.29, 1.82) is 0 Å². The molecule has 15 heavy (non-hydrogen) atoms. The van der Waals surface area contributed by atoms with Crippen LogP contribution >= 0.6 is 0 Å². The summed E-state index contributed by atoms with van der Waals surface area (Å²) in [5.74, 6) is 1.99. The maximum Gasteiger partial charge on any atom is 0.150 e. The Morgan fingerprint density at radius 3 is 2.53 bits per heavy atom. The van der Waals surface area contributed by atoms with E-state index in [-0.39, 0.29) is 5.54 Å². The fraction of sp³-hybridized carbons (Fsp3) is 0.818. The Hall–Kier alpha value is -0.900. The number of nitrogens with zero attached hydrogens (tertiary/aromatic N) is 3. The molecule has 0 aliphatic rings. The normalized spacial score (nSPS) is 12.1. The van der Waals surface area contributed by atoms with Crippen LogP contribution < -0.4 is 5.73 Å². The van der Waals surface area contributed by atoms with Crippen molar-refractivity contribution in [1.82, 2.24) is 14.8 Å². The number of aryl methyl sites for hydroxylation is 3. The maximum absolute atomic E-state index is 5.94. The Balaban J connectivity index is 2.61. The fourth-order valence-corrected chi connectivity index (χ4v) is 1.46. The summed E-state index contributed by atoms with van der Waals surface area (Å²) in [6.45, 7) is 6.21. The van der Waals surface area contributed by atoms with Gasteiger partial charge >= 0.3 is 0 Å². The molecule has 0 aliphatic carbocycles. The van der Waals surface area contributed by atoms with Gasteiger partial charge in [0.15, 0.2) is 5.82 Å². The monoisotopic (exact) mass is 210 g/mol. The summed E-state index contributed by atoms with van der Waals surface area (Å²) < 4.78 is 1.87. The topological polar surface area (TPSA) is 56.7 Å². The summed E-state index contributed by atoms with van der Waals surface area (Å²) in [7, 11) is 1.95. The minimum absolute atomic E-state index is 0.128. The molecule has 2 N–H and O–H groups in total. The van der Waals surface area contributed by atoms with Crippen molar-refractivity contribution in [3.63, 3.8) is 0 Å². The van der Waals surface area contributed by atoms with Crippen LogP contribution in [-0.2, 0) is 19.9 Å². The Morgan fingerprint density at radius 1 is 1.33 bits per heavy atom. The van der Waals surface area contributed by atoms with Crippen LogP contribution in [-0.4, -0.2) is 20.3 Å². The van der Waals surface area contributed by atoms with E-state index in [1.807, 2.05) is 25.6 Å². The summed E-state index contributed by atoms with van der Waals surface area (Å²) in [5.41, 5.74) is 5.81. The molecule has 1 aromatic rings. The lowest BCUT2D eigenvalue weighted by atomic mass is 10.00. The van der Waals surface area contributed by atoms with E-state index < -0.39 is 0 Å². The second kappa shape index (κ2) is 4.75. The van der Waals surface area contributed by atoms with Crippen molar-refractivity contribution in [3.8, 4) is 0 Å². The molecule has 1 rings (SSSR count). The zero-order valence-electron chi connectivity index (χ0n) is 10.2. The van der Waals surface area contributed by atoms with Gasteiger partial charge in [-0.05, 0) is 26.7 Å². The first kappa shape index (κ1) is 12.2. The first-order chi connectivity index (χ1) is 6.92. The molecule has 86 valence electrons. The van der Waals surface area contributed by atoms with Gasteiger partial charge in [-0.3, -0.25) is 4.68 Å². The summed E-state index contributed by atoms with van der Waals surface area (Å²) in [6, 6.07) is 0. The van der Waals surface area contributed by atoms with E-state index in [1.165, 1.54) is 0 Å². The van der Waals surface area contributed by atoms with Crippen LogP contribution in [0.5, 0.6) is 0 Å². The van der Waals surface area contributed by atoms with Gasteiger partial charge in [0.25, 0.3) is 0 Å². The lowest BCUT2D eigenvalue weighted by Gasteiger charge is -2.17. The van der Waals surface area contributed by atoms with Crippen molar-refractivity contribution >= 4 is 0 Å². The van der Waals surface area contributed by atoms with E-state index in [1.54, 1.807) is 0 Å². The molecule has 0 amide bonds. The lowest BCUT2D eigenvalue weighted by Crippen LogP contribution is -2.32. The smallest absolute Gasteiger partial charge is 0.150 e. The number of nitrogens with two attached hydrogens (primary N) is 1. The Kier molecular flexibility index (Phi) is 3.85. The minimum Gasteiger partial charge on any atom is -0.326 e. The van der Waals surface area contributed by atoms with Gasteiger partial charge < -0.3 is 5.73 Å². The number of aromatic nitrogens is 3. The molecule has 4 nitrogen and oxygen atoms in total. The van der Waals surface area contributed by atoms with Crippen LogP contribution in [0.25, 0.3) is 0 Å². The van der Waals surface area contributed by atoms with Crippen molar-refractivity contribution in [2.24, 2.45) is 12.8 Å². The van der Waals surface area contributed by atoms with Gasteiger partial charge in [-0.1, -0.05) is 6.92 Å². The number of rotatable bonds is 5. The van der Waals surface area contributed by atoms with E-state index in [2.05, 4.69) is 17.0 Å². The highest BCUT2D eigenvalue weighted by molar-refractivity contribution is 4.94. The van der Waals surface area contributed by atoms with E-state index in [0.29, 0.717) is 0 Å². The van der Waals surface area contributed by atoms with Crippen LogP contribution in [0.3, 0.4) is 0 Å². The molecule has 0 atom stereocenters. The third-order valence-electron chi connectivity index (χ3n) is 2.36. The molecule has 0 saturated heterocycles. The highest BCUT2D eigenvalue weighted by Crippen LogP contribution is 2.09. The molecule has 0 spiro atoms. The van der Waals surface area contributed by atoms with Crippen molar-refractivity contribution in [3.05, 3.63) is 11.6 Å². The van der Waals surface area contributed by atoms with E-state index in [9.17, 15) is 0 Å². The predicted molar refractivity (Wildman–Crippen MR) is 61.6 cm³/mol. The Morgan fingerprint density at radius 2 is 2.00 bits per heavy atom. The summed E-state index contributed by atoms with van der Waals surface area (Å²) in [5, 5.41) is 4.37. The highest BCUT2D eigenvalue weighted by Gasteiger charge is 2.13. The van der Waals surface area contributed by atoms with Gasteiger partial charge in [0.05, 0.1) is 0 Å². The van der Waals surface area contributed by atoms with Gasteiger partial charge in [-0.15, -0.1) is 0 Å². The summed E-state index contributed by atoms with van der Waals surface area (Å²) in [6.07, 6.45) is 3.88. The average molecular weight is 210 g/mol. The van der Waals surface area contributed by atoms with Crippen LogP contribution in [0.1, 0.15) is 45.3 Å². The van der Waals surface area contributed by atoms with E-state index in [4.69, 9.17) is 5.73 Å². The second-order valence-corrected chi connectivity index (χ2v) is 4.81. The molecule has 0 saturated carbocycles. The molecule has 0 aromatic carbocycles. The molecule has 0 bridgehead atoms. The Bertz CT molecular complexity index is 309. The van der Waals surface area contributed by atoms with E-state index >= 15 is 0 Å². The van der Waals surface area contributed by atoms with Crippen LogP contribution in [0.15, 0.2) is 0 Å². The van der Waals surface area contributed by atoms with Crippen LogP contribution in [0, 0.1) is 0 Å². The maximum atomic E-state index is 5.94. The van der Waals surface area contributed by atoms with Gasteiger partial charge in [-0.2, -0.15) is 5.10 Å². The molecule has 1 aromatic heterocycles. The number of hydrogen-bond donors (Lipinski definition) is 1. The molecular formula is C11H22N4. The molecule has 0 aliphatic heterocycles. The molecule has 0 radical (unpaired) electrons. The zero-order valence-corrected chi connectivity index (χ0v) is 10.2. The van der Waals surface area contributed by atoms with Gasteiger partial charge in [0, 0.05) is 25.4 Å². The largest absolute Gasteiger partial charge is 0.326 e. The first-order valence-electron chi connectivity index (χ1n) is 5.60. The van der Waals surface area contributed by atoms with E-state index in [0.717, 1.165) is 37.3 Å². The van der Waals surface area contributed by atoms with Gasteiger partial charge in [0.2, 0.25) is 0 Å². The Labute approximate surface area is 91.9 Å². The molecular weight excluding hydrogens is 188 g/mol. The van der Waals surface area contributed by atoms with Crippen molar-refractivity contribution in [2.75, 3.05) is 0 Å². The molecule has 0 fully saturated rings. The van der Waals surface area contributed by atoms with Gasteiger partial charge in [-0.25, -0.2) is 4.98 Å². The quantitative estimate of drug-likeness (QED) is 0.800. The summed E-state index contributed by atoms with van der Waals surface area (Å²) in [4.78, 5) is 4.50. The third-order valence-corrected chi connectivity index (χ3v) is 2.36. The fourth-order valence-electron chi connectivity index (χ4n) is 1.46. The average Bonchev–Trinajstić information content (AvgIpc) is 2.42. The first-order valence-corrected chi connectivity index (χ1v) is 5.60. The third kappa shape index (κ3) is 4.00. The number of hydrogen-bond acceptors (Lipinski definition) is 3. The summed E-state index contributed by atoms with van der Waals surface area (Å²) >= 11 is 0. The molecule has 1 heterocycles. The highest BCUT2D eigenvalue weighted by atomic mass is 15.3. The molecule has 0 unspecified atom stereocenters.